The van der Waals surface area contributed by atoms with Crippen LogP contribution in [0.25, 0.3) is 12.2 Å². The summed E-state index contributed by atoms with van der Waals surface area (Å²) in [6.45, 7) is 2.47. The molecule has 0 spiro atoms. The predicted molar refractivity (Wildman–Crippen MR) is 118 cm³/mol. The van der Waals surface area contributed by atoms with Crippen molar-refractivity contribution in [2.45, 2.75) is 44.9 Å². The smallest absolute Gasteiger partial charge is 0.253 e. The third-order valence-electron chi connectivity index (χ3n) is 7.05. The van der Waals surface area contributed by atoms with Crippen molar-refractivity contribution in [3.05, 3.63) is 67.9 Å². The van der Waals surface area contributed by atoms with Crippen LogP contribution in [0.3, 0.4) is 0 Å². The van der Waals surface area contributed by atoms with E-state index >= 15 is 0 Å². The summed E-state index contributed by atoms with van der Waals surface area (Å²) in [4.78, 5) is 15.1. The van der Waals surface area contributed by atoms with Crippen molar-refractivity contribution in [3.8, 4) is 0 Å². The number of fused-ring (bicyclic) bond motifs is 4. The fraction of sp³-hybridized carbons (Fsp3) is 0.423. The van der Waals surface area contributed by atoms with Gasteiger partial charge in [0, 0.05) is 18.7 Å². The van der Waals surface area contributed by atoms with Crippen LogP contribution in [0.1, 0.15) is 53.6 Å². The van der Waals surface area contributed by atoms with Crippen LogP contribution < -0.4 is 16.2 Å². The molecule has 2 N–H and O–H groups in total. The normalized spacial score (nSPS) is 18.2. The molecule has 1 fully saturated rings. The summed E-state index contributed by atoms with van der Waals surface area (Å²) in [6.07, 6.45) is 12.6. The van der Waals surface area contributed by atoms with Crippen LogP contribution in [0.15, 0.2) is 30.3 Å². The largest absolute Gasteiger partial charge is 0.339 e. The molecule has 1 saturated heterocycles. The topological polar surface area (TPSA) is 46.3 Å². The first-order valence-electron chi connectivity index (χ1n) is 11.2. The Balaban J connectivity index is 1.48. The summed E-state index contributed by atoms with van der Waals surface area (Å²) in [5.74, 6) is 0.860. The number of hydrogen-bond acceptors (Lipinski definition) is 2. The van der Waals surface area contributed by atoms with Crippen LogP contribution in [0.4, 0.5) is 0 Å². The zero-order valence-electron chi connectivity index (χ0n) is 17.1. The molecule has 0 radical (unpaired) electrons. The Morgan fingerprint density at radius 2 is 1.83 bits per heavy atom. The van der Waals surface area contributed by atoms with Crippen LogP contribution >= 0.6 is 0 Å². The molecule has 150 valence electrons. The van der Waals surface area contributed by atoms with Gasteiger partial charge in [0.25, 0.3) is 5.91 Å². The highest BCUT2D eigenvalue weighted by atomic mass is 16.2. The van der Waals surface area contributed by atoms with Crippen molar-refractivity contribution < 1.29 is 4.79 Å². The highest BCUT2D eigenvalue weighted by Gasteiger charge is 2.23. The van der Waals surface area contributed by atoms with Gasteiger partial charge in [0.15, 0.2) is 0 Å². The lowest BCUT2D eigenvalue weighted by molar-refractivity contribution is 0.0688. The lowest BCUT2D eigenvalue weighted by atomic mass is 9.88. The van der Waals surface area contributed by atoms with Gasteiger partial charge in [-0.15, -0.1) is 0 Å². The average molecular weight is 387 g/mol. The fourth-order valence-corrected chi connectivity index (χ4v) is 5.38. The van der Waals surface area contributed by atoms with Gasteiger partial charge in [-0.3, -0.25) is 4.79 Å². The Kier molecular flexibility index (Phi) is 5.01. The number of carbonyl (C=O) groups is 1. The van der Waals surface area contributed by atoms with Crippen molar-refractivity contribution >= 4 is 18.1 Å². The summed E-state index contributed by atoms with van der Waals surface area (Å²) in [5, 5.41) is 5.27. The molecule has 1 heterocycles. The van der Waals surface area contributed by atoms with E-state index in [1.54, 1.807) is 0 Å². The van der Waals surface area contributed by atoms with E-state index in [1.165, 1.54) is 51.3 Å². The molecule has 3 heteroatoms. The number of nitrogens with zero attached hydrogens (tertiary/aromatic N) is 1. The minimum atomic E-state index is 0.179. The van der Waals surface area contributed by atoms with Crippen molar-refractivity contribution in [2.75, 3.05) is 19.6 Å². The second-order valence-corrected chi connectivity index (χ2v) is 8.78. The van der Waals surface area contributed by atoms with E-state index in [4.69, 9.17) is 5.73 Å². The molecule has 0 unspecified atom stereocenters. The first-order valence-corrected chi connectivity index (χ1v) is 11.2. The number of amides is 1. The summed E-state index contributed by atoms with van der Waals surface area (Å²) in [5.41, 5.74) is 9.55. The molecule has 0 saturated carbocycles. The molecular weight excluding hydrogens is 356 g/mol. The monoisotopic (exact) mass is 386 g/mol. The zero-order valence-corrected chi connectivity index (χ0v) is 17.1. The molecule has 2 aliphatic carbocycles. The van der Waals surface area contributed by atoms with Gasteiger partial charge in [0.1, 0.15) is 0 Å². The van der Waals surface area contributed by atoms with Crippen molar-refractivity contribution in [1.82, 2.24) is 4.90 Å². The van der Waals surface area contributed by atoms with Gasteiger partial charge in [-0.2, -0.15) is 0 Å². The molecule has 2 aromatic rings. The minimum Gasteiger partial charge on any atom is -0.339 e. The molecule has 1 amide bonds. The number of likely N-dealkylation sites (tertiary alicyclic amines) is 1. The maximum atomic E-state index is 13.1. The molecule has 0 atom stereocenters. The Bertz CT molecular complexity index is 1160. The Morgan fingerprint density at radius 3 is 2.66 bits per heavy atom. The molecule has 3 nitrogen and oxygen atoms in total. The number of carbonyl (C=O) groups excluding carboxylic acids is 1. The second kappa shape index (κ2) is 7.79. The number of nitrogens with two attached hydrogens (primary N) is 1. The standard InChI is InChI=1S/C26H30N2O/c27-14-11-18-12-15-28(16-13-18)26(29)21-7-8-23-20(17-21)6-10-24-22-4-2-1-3-19(22)5-9-25(23)24/h3,5-9,17-18H,1-2,4,10-16,27H2. The van der Waals surface area contributed by atoms with Crippen molar-refractivity contribution in [1.29, 1.82) is 0 Å². The zero-order chi connectivity index (χ0) is 19.8. The maximum absolute atomic E-state index is 13.1. The van der Waals surface area contributed by atoms with Crippen LogP contribution in [0, 0.1) is 16.4 Å². The Hall–Kier alpha value is -2.39. The maximum Gasteiger partial charge on any atom is 0.253 e. The van der Waals surface area contributed by atoms with Gasteiger partial charge in [0.2, 0.25) is 0 Å². The Labute approximate surface area is 172 Å². The molecule has 3 aliphatic rings. The van der Waals surface area contributed by atoms with Crippen molar-refractivity contribution in [2.24, 2.45) is 11.7 Å². The first kappa shape index (κ1) is 18.6. The number of piperidine rings is 1. The third kappa shape index (κ3) is 3.42. The summed E-state index contributed by atoms with van der Waals surface area (Å²) >= 11 is 0. The Morgan fingerprint density at radius 1 is 1.00 bits per heavy atom. The van der Waals surface area contributed by atoms with Gasteiger partial charge in [-0.1, -0.05) is 30.4 Å². The summed E-state index contributed by atoms with van der Waals surface area (Å²) in [6, 6.07) is 10.9. The number of rotatable bonds is 3. The molecule has 0 bridgehead atoms. The summed E-state index contributed by atoms with van der Waals surface area (Å²) < 4.78 is 0. The average Bonchev–Trinajstić information content (AvgIpc) is 2.78. The van der Waals surface area contributed by atoms with E-state index in [9.17, 15) is 4.79 Å². The number of hydrogen-bond donors (Lipinski definition) is 1. The number of benzene rings is 2. The van der Waals surface area contributed by atoms with Crippen LogP contribution in [-0.4, -0.2) is 30.4 Å². The van der Waals surface area contributed by atoms with E-state index in [2.05, 4.69) is 36.4 Å². The molecular formula is C26H30N2O. The van der Waals surface area contributed by atoms with E-state index in [0.29, 0.717) is 5.92 Å². The highest BCUT2D eigenvalue weighted by molar-refractivity contribution is 5.94. The lowest BCUT2D eigenvalue weighted by Crippen LogP contribution is -2.39. The van der Waals surface area contributed by atoms with Gasteiger partial charge in [-0.05, 0) is 102 Å². The molecule has 5 rings (SSSR count). The van der Waals surface area contributed by atoms with Gasteiger partial charge >= 0.3 is 0 Å². The molecule has 2 aromatic carbocycles. The van der Waals surface area contributed by atoms with Gasteiger partial charge in [0.05, 0.1) is 0 Å². The van der Waals surface area contributed by atoms with E-state index in [-0.39, 0.29) is 5.91 Å². The van der Waals surface area contributed by atoms with E-state index in [1.807, 2.05) is 11.0 Å². The van der Waals surface area contributed by atoms with Crippen molar-refractivity contribution in [3.63, 3.8) is 0 Å². The third-order valence-corrected chi connectivity index (χ3v) is 7.05. The van der Waals surface area contributed by atoms with Crippen LogP contribution in [-0.2, 0) is 12.8 Å². The summed E-state index contributed by atoms with van der Waals surface area (Å²) in [7, 11) is 0. The van der Waals surface area contributed by atoms with Gasteiger partial charge < -0.3 is 10.6 Å². The fourth-order valence-electron chi connectivity index (χ4n) is 5.38. The van der Waals surface area contributed by atoms with E-state index in [0.717, 1.165) is 50.9 Å². The van der Waals surface area contributed by atoms with Crippen LogP contribution in [0.5, 0.6) is 0 Å². The first-order chi connectivity index (χ1) is 14.2. The molecule has 1 aliphatic heterocycles. The van der Waals surface area contributed by atoms with E-state index < -0.39 is 0 Å². The van der Waals surface area contributed by atoms with Gasteiger partial charge in [-0.25, -0.2) is 0 Å². The molecule has 29 heavy (non-hydrogen) atoms. The highest BCUT2D eigenvalue weighted by Crippen LogP contribution is 2.22. The second-order valence-electron chi connectivity index (χ2n) is 8.78. The lowest BCUT2D eigenvalue weighted by Gasteiger charge is -2.32. The van der Waals surface area contributed by atoms with Crippen LogP contribution in [0.2, 0.25) is 0 Å². The minimum absolute atomic E-state index is 0.179. The quantitative estimate of drug-likeness (QED) is 0.882. The predicted octanol–water partition coefficient (Wildman–Crippen LogP) is 2.63. The molecule has 0 aromatic heterocycles. The SMILES string of the molecule is NCCC1CCN(C(=O)c2ccc3c(c2)=CCc2c4c(ccc2=3)=CCCC4)CC1.